The van der Waals surface area contributed by atoms with Gasteiger partial charge in [-0.15, -0.1) is 0 Å². The Labute approximate surface area is 151 Å². The quantitative estimate of drug-likeness (QED) is 0.893. The SMILES string of the molecule is COc1cccc(CC(=O)N2C[C@@H](C(=O)O)[C@H](c3cccc(F)c3)C2)c1. The van der Waals surface area contributed by atoms with Crippen LogP contribution in [0.1, 0.15) is 17.0 Å². The molecule has 1 N–H and O–H groups in total. The van der Waals surface area contributed by atoms with Crippen molar-refractivity contribution in [3.05, 3.63) is 65.5 Å². The molecule has 2 aromatic rings. The first-order valence-corrected chi connectivity index (χ1v) is 8.37. The van der Waals surface area contributed by atoms with Crippen molar-refractivity contribution in [2.24, 2.45) is 5.92 Å². The Bertz CT molecular complexity index is 823. The summed E-state index contributed by atoms with van der Waals surface area (Å²) in [5, 5.41) is 9.52. The molecule has 3 rings (SSSR count). The number of carboxylic acid groups (broad SMARTS) is 1. The van der Waals surface area contributed by atoms with Crippen LogP contribution >= 0.6 is 0 Å². The van der Waals surface area contributed by atoms with Crippen molar-refractivity contribution >= 4 is 11.9 Å². The van der Waals surface area contributed by atoms with Crippen molar-refractivity contribution in [2.45, 2.75) is 12.3 Å². The van der Waals surface area contributed by atoms with Crippen molar-refractivity contribution in [1.82, 2.24) is 4.90 Å². The maximum absolute atomic E-state index is 13.5. The standard InChI is InChI=1S/C20H20FNO4/c1-26-16-7-2-4-13(8-16)9-19(23)22-11-17(18(12-22)20(24)25)14-5-3-6-15(21)10-14/h2-8,10,17-18H,9,11-12H2,1H3,(H,24,25)/t17-,18+/m0/s1. The summed E-state index contributed by atoms with van der Waals surface area (Å²) in [6.45, 7) is 0.391. The fourth-order valence-electron chi connectivity index (χ4n) is 3.40. The lowest BCUT2D eigenvalue weighted by molar-refractivity contribution is -0.141. The molecule has 136 valence electrons. The normalized spacial score (nSPS) is 19.4. The van der Waals surface area contributed by atoms with Gasteiger partial charge >= 0.3 is 5.97 Å². The molecular weight excluding hydrogens is 337 g/mol. The van der Waals surface area contributed by atoms with Crippen LogP contribution in [0.2, 0.25) is 0 Å². The van der Waals surface area contributed by atoms with Crippen LogP contribution in [0.5, 0.6) is 5.75 Å². The van der Waals surface area contributed by atoms with E-state index in [1.165, 1.54) is 12.1 Å². The Morgan fingerprint density at radius 1 is 1.19 bits per heavy atom. The number of rotatable bonds is 5. The zero-order valence-corrected chi connectivity index (χ0v) is 14.4. The fraction of sp³-hybridized carbons (Fsp3) is 0.300. The first-order chi connectivity index (χ1) is 12.5. The molecule has 1 saturated heterocycles. The zero-order valence-electron chi connectivity index (χ0n) is 14.4. The summed E-state index contributed by atoms with van der Waals surface area (Å²) < 4.78 is 18.7. The molecule has 6 heteroatoms. The topological polar surface area (TPSA) is 66.8 Å². The summed E-state index contributed by atoms with van der Waals surface area (Å²) in [6, 6.07) is 13.1. The molecule has 1 heterocycles. The zero-order chi connectivity index (χ0) is 18.7. The molecule has 1 aliphatic rings. The second-order valence-electron chi connectivity index (χ2n) is 6.43. The van der Waals surface area contributed by atoms with Crippen LogP contribution in [0, 0.1) is 11.7 Å². The first kappa shape index (κ1) is 17.9. The molecule has 5 nitrogen and oxygen atoms in total. The smallest absolute Gasteiger partial charge is 0.308 e. The van der Waals surface area contributed by atoms with E-state index in [4.69, 9.17) is 4.74 Å². The van der Waals surface area contributed by atoms with Crippen LogP contribution in [0.15, 0.2) is 48.5 Å². The summed E-state index contributed by atoms with van der Waals surface area (Å²) in [5.41, 5.74) is 1.41. The van der Waals surface area contributed by atoms with Crippen LogP contribution in [-0.4, -0.2) is 42.1 Å². The van der Waals surface area contributed by atoms with E-state index in [0.717, 1.165) is 5.56 Å². The number of ether oxygens (including phenoxy) is 1. The number of hydrogen-bond acceptors (Lipinski definition) is 3. The molecule has 0 aliphatic carbocycles. The van der Waals surface area contributed by atoms with Gasteiger partial charge in [0.25, 0.3) is 0 Å². The predicted octanol–water partition coefficient (Wildman–Crippen LogP) is 2.70. The third-order valence-corrected chi connectivity index (χ3v) is 4.76. The third kappa shape index (κ3) is 3.85. The average Bonchev–Trinajstić information content (AvgIpc) is 3.08. The maximum atomic E-state index is 13.5. The second-order valence-corrected chi connectivity index (χ2v) is 6.43. The highest BCUT2D eigenvalue weighted by Gasteiger charge is 2.40. The van der Waals surface area contributed by atoms with Crippen LogP contribution in [0.4, 0.5) is 4.39 Å². The number of nitrogens with zero attached hydrogens (tertiary/aromatic N) is 1. The Morgan fingerprint density at radius 2 is 1.96 bits per heavy atom. The van der Waals surface area contributed by atoms with E-state index < -0.39 is 23.6 Å². The van der Waals surface area contributed by atoms with Gasteiger partial charge < -0.3 is 14.7 Å². The molecule has 1 fully saturated rings. The van der Waals surface area contributed by atoms with Gasteiger partial charge in [0, 0.05) is 19.0 Å². The highest BCUT2D eigenvalue weighted by molar-refractivity contribution is 5.81. The van der Waals surface area contributed by atoms with E-state index in [-0.39, 0.29) is 25.4 Å². The third-order valence-electron chi connectivity index (χ3n) is 4.76. The molecule has 0 radical (unpaired) electrons. The minimum atomic E-state index is -0.976. The lowest BCUT2D eigenvalue weighted by Gasteiger charge is -2.17. The Hall–Kier alpha value is -2.89. The summed E-state index contributed by atoms with van der Waals surface area (Å²) in [6.07, 6.45) is 0.166. The molecule has 1 aliphatic heterocycles. The van der Waals surface area contributed by atoms with Crippen LogP contribution in [-0.2, 0) is 16.0 Å². The number of carboxylic acids is 1. The molecule has 0 aromatic heterocycles. The average molecular weight is 357 g/mol. The van der Waals surface area contributed by atoms with Gasteiger partial charge in [0.05, 0.1) is 19.4 Å². The highest BCUT2D eigenvalue weighted by atomic mass is 19.1. The van der Waals surface area contributed by atoms with Gasteiger partial charge in [-0.2, -0.15) is 0 Å². The minimum Gasteiger partial charge on any atom is -0.497 e. The van der Waals surface area contributed by atoms with E-state index in [2.05, 4.69) is 0 Å². The van der Waals surface area contributed by atoms with Gasteiger partial charge in [0.1, 0.15) is 11.6 Å². The van der Waals surface area contributed by atoms with Crippen molar-refractivity contribution in [1.29, 1.82) is 0 Å². The van der Waals surface area contributed by atoms with Gasteiger partial charge in [0.15, 0.2) is 0 Å². The van der Waals surface area contributed by atoms with Crippen LogP contribution < -0.4 is 4.74 Å². The monoisotopic (exact) mass is 357 g/mol. The van der Waals surface area contributed by atoms with Crippen molar-refractivity contribution in [3.8, 4) is 5.75 Å². The lowest BCUT2D eigenvalue weighted by atomic mass is 9.89. The van der Waals surface area contributed by atoms with E-state index in [1.807, 2.05) is 6.07 Å². The summed E-state index contributed by atoms with van der Waals surface area (Å²) >= 11 is 0. The molecule has 1 amide bonds. The second kappa shape index (κ2) is 7.56. The Morgan fingerprint density at radius 3 is 2.65 bits per heavy atom. The largest absolute Gasteiger partial charge is 0.497 e. The Kier molecular flexibility index (Phi) is 5.21. The molecule has 0 spiro atoms. The number of halogens is 1. The van der Waals surface area contributed by atoms with Gasteiger partial charge in [-0.1, -0.05) is 24.3 Å². The molecule has 0 unspecified atom stereocenters. The number of aliphatic carboxylic acids is 1. The molecule has 0 bridgehead atoms. The number of carbonyl (C=O) groups is 2. The fourth-order valence-corrected chi connectivity index (χ4v) is 3.40. The Balaban J connectivity index is 1.76. The van der Waals surface area contributed by atoms with Crippen molar-refractivity contribution in [3.63, 3.8) is 0 Å². The number of likely N-dealkylation sites (tertiary alicyclic amines) is 1. The lowest BCUT2D eigenvalue weighted by Crippen LogP contribution is -2.31. The van der Waals surface area contributed by atoms with Gasteiger partial charge in [-0.3, -0.25) is 9.59 Å². The molecule has 2 aromatic carbocycles. The van der Waals surface area contributed by atoms with Crippen LogP contribution in [0.25, 0.3) is 0 Å². The van der Waals surface area contributed by atoms with E-state index in [1.54, 1.807) is 42.3 Å². The number of benzene rings is 2. The van der Waals surface area contributed by atoms with E-state index in [9.17, 15) is 19.1 Å². The predicted molar refractivity (Wildman–Crippen MR) is 93.5 cm³/mol. The van der Waals surface area contributed by atoms with Gasteiger partial charge in [-0.25, -0.2) is 4.39 Å². The number of methoxy groups -OCH3 is 1. The summed E-state index contributed by atoms with van der Waals surface area (Å²) in [5.74, 6) is -2.03. The minimum absolute atomic E-state index is 0.124. The molecule has 0 saturated carbocycles. The van der Waals surface area contributed by atoms with Crippen molar-refractivity contribution < 1.29 is 23.8 Å². The van der Waals surface area contributed by atoms with Crippen molar-refractivity contribution in [2.75, 3.05) is 20.2 Å². The molecule has 26 heavy (non-hydrogen) atoms. The van der Waals surface area contributed by atoms with Crippen LogP contribution in [0.3, 0.4) is 0 Å². The number of hydrogen-bond donors (Lipinski definition) is 1. The molecular formula is C20H20FNO4. The van der Waals surface area contributed by atoms with E-state index in [0.29, 0.717) is 11.3 Å². The summed E-state index contributed by atoms with van der Waals surface area (Å²) in [7, 11) is 1.56. The van der Waals surface area contributed by atoms with Gasteiger partial charge in [-0.05, 0) is 35.4 Å². The number of amides is 1. The highest BCUT2D eigenvalue weighted by Crippen LogP contribution is 2.33. The van der Waals surface area contributed by atoms with E-state index >= 15 is 0 Å². The maximum Gasteiger partial charge on any atom is 0.308 e. The molecule has 2 atom stereocenters. The number of carbonyl (C=O) groups excluding carboxylic acids is 1. The summed E-state index contributed by atoms with van der Waals surface area (Å²) in [4.78, 5) is 25.8. The first-order valence-electron chi connectivity index (χ1n) is 8.37. The van der Waals surface area contributed by atoms with Gasteiger partial charge in [0.2, 0.25) is 5.91 Å².